The Morgan fingerprint density at radius 1 is 1.43 bits per heavy atom. The number of nitrogens with one attached hydrogen (secondary N) is 1. The Kier molecular flexibility index (Phi) is 8.15. The number of methoxy groups -OCH3 is 1. The molecule has 0 heterocycles. The fourth-order valence-corrected chi connectivity index (χ4v) is 2.40. The van der Waals surface area contributed by atoms with Crippen molar-refractivity contribution in [2.45, 2.75) is 27.3 Å². The molecule has 118 valence electrons. The highest BCUT2D eigenvalue weighted by atomic mass is 79.9. The third-order valence-corrected chi connectivity index (χ3v) is 3.76. The first-order valence-electron chi connectivity index (χ1n) is 6.93. The van der Waals surface area contributed by atoms with E-state index in [0.717, 1.165) is 28.7 Å². The maximum atomic E-state index is 5.76. The average Bonchev–Trinajstić information content (AvgIpc) is 2.44. The molecule has 0 unspecified atom stereocenters. The van der Waals surface area contributed by atoms with Gasteiger partial charge in [-0.2, -0.15) is 0 Å². The number of benzene rings is 1. The van der Waals surface area contributed by atoms with Gasteiger partial charge in [-0.1, -0.05) is 25.4 Å². The van der Waals surface area contributed by atoms with Crippen LogP contribution >= 0.6 is 27.5 Å². The van der Waals surface area contributed by atoms with Crippen LogP contribution in [0.2, 0.25) is 0 Å². The van der Waals surface area contributed by atoms with Crippen LogP contribution in [0, 0.1) is 5.92 Å². The van der Waals surface area contributed by atoms with Crippen LogP contribution in [0.1, 0.15) is 26.3 Å². The lowest BCUT2D eigenvalue weighted by Gasteiger charge is -2.15. The lowest BCUT2D eigenvalue weighted by Crippen LogP contribution is -2.19. The van der Waals surface area contributed by atoms with Gasteiger partial charge >= 0.3 is 0 Å². The second-order valence-corrected chi connectivity index (χ2v) is 6.45. The molecule has 1 aromatic carbocycles. The molecule has 0 amide bonds. The topological polar surface area (TPSA) is 30.5 Å². The van der Waals surface area contributed by atoms with Crippen LogP contribution in [0.25, 0.3) is 0 Å². The molecule has 0 aliphatic carbocycles. The Morgan fingerprint density at radius 3 is 2.71 bits per heavy atom. The largest absolute Gasteiger partial charge is 0.493 e. The van der Waals surface area contributed by atoms with E-state index in [0.29, 0.717) is 24.0 Å². The highest BCUT2D eigenvalue weighted by Crippen LogP contribution is 2.36. The van der Waals surface area contributed by atoms with Crippen LogP contribution in [0.3, 0.4) is 0 Å². The van der Waals surface area contributed by atoms with Gasteiger partial charge in [0.1, 0.15) is 6.61 Å². The smallest absolute Gasteiger partial charge is 0.175 e. The summed E-state index contributed by atoms with van der Waals surface area (Å²) in [6.45, 7) is 8.51. The molecule has 0 saturated heterocycles. The molecule has 0 saturated carbocycles. The summed E-state index contributed by atoms with van der Waals surface area (Å²) < 4.78 is 12.1. The lowest BCUT2D eigenvalue weighted by molar-refractivity contribution is 0.317. The molecule has 21 heavy (non-hydrogen) atoms. The second kappa shape index (κ2) is 9.34. The van der Waals surface area contributed by atoms with Gasteiger partial charge in [0.25, 0.3) is 0 Å². The number of hydrogen-bond acceptors (Lipinski definition) is 3. The van der Waals surface area contributed by atoms with Crippen molar-refractivity contribution in [2.75, 3.05) is 20.3 Å². The Bertz CT molecular complexity index is 489. The Hall–Kier alpha value is -0.710. The molecule has 0 spiro atoms. The number of hydrogen-bond donors (Lipinski definition) is 1. The van der Waals surface area contributed by atoms with E-state index in [4.69, 9.17) is 21.1 Å². The number of ether oxygens (including phenoxy) is 2. The minimum atomic E-state index is 0.434. The predicted octanol–water partition coefficient (Wildman–Crippen LogP) is 4.72. The summed E-state index contributed by atoms with van der Waals surface area (Å²) in [4.78, 5) is 0. The third kappa shape index (κ3) is 6.29. The first kappa shape index (κ1) is 18.3. The van der Waals surface area contributed by atoms with Crippen molar-refractivity contribution < 1.29 is 9.47 Å². The summed E-state index contributed by atoms with van der Waals surface area (Å²) in [6.07, 6.45) is 0. The van der Waals surface area contributed by atoms with Crippen molar-refractivity contribution >= 4 is 27.5 Å². The fraction of sp³-hybridized carbons (Fsp3) is 0.500. The monoisotopic (exact) mass is 375 g/mol. The summed E-state index contributed by atoms with van der Waals surface area (Å²) in [5.41, 5.74) is 3.62. The van der Waals surface area contributed by atoms with Gasteiger partial charge in [0.05, 0.1) is 11.6 Å². The van der Waals surface area contributed by atoms with Crippen molar-refractivity contribution in [1.29, 1.82) is 0 Å². The molecule has 1 N–H and O–H groups in total. The van der Waals surface area contributed by atoms with Gasteiger partial charge in [-0.25, -0.2) is 0 Å². The molecule has 0 radical (unpaired) electrons. The molecule has 0 aromatic heterocycles. The minimum Gasteiger partial charge on any atom is -0.493 e. The molecule has 1 rings (SSSR count). The molecule has 1 aromatic rings. The summed E-state index contributed by atoms with van der Waals surface area (Å²) in [7, 11) is 1.64. The summed E-state index contributed by atoms with van der Waals surface area (Å²) >= 11 is 9.19. The quantitative estimate of drug-likeness (QED) is 0.712. The van der Waals surface area contributed by atoms with Crippen molar-refractivity contribution in [3.8, 4) is 11.5 Å². The maximum Gasteiger partial charge on any atom is 0.175 e. The molecule has 0 bridgehead atoms. The number of rotatable bonds is 8. The number of halogens is 2. The Morgan fingerprint density at radius 2 is 2.14 bits per heavy atom. The highest BCUT2D eigenvalue weighted by Gasteiger charge is 2.12. The third-order valence-electron chi connectivity index (χ3n) is 2.80. The molecular weight excluding hydrogens is 354 g/mol. The van der Waals surface area contributed by atoms with E-state index in [1.54, 1.807) is 7.11 Å². The zero-order chi connectivity index (χ0) is 15.8. The SMILES string of the molecule is COc1cc(CNCC(C)C)cc(Br)c1OC/C(C)=C/Cl. The fourth-order valence-electron chi connectivity index (χ4n) is 1.74. The standard InChI is InChI=1S/C16H23BrClNO2/c1-11(2)8-19-9-13-5-14(17)16(15(6-13)20-4)21-10-12(3)7-18/h5-7,11,19H,8-10H2,1-4H3/b12-7+. The zero-order valence-electron chi connectivity index (χ0n) is 13.0. The van der Waals surface area contributed by atoms with Gasteiger partial charge in [0.2, 0.25) is 0 Å². The van der Waals surface area contributed by atoms with Crippen LogP contribution < -0.4 is 14.8 Å². The lowest BCUT2D eigenvalue weighted by atomic mass is 10.1. The van der Waals surface area contributed by atoms with Gasteiger partial charge in [0, 0.05) is 12.1 Å². The van der Waals surface area contributed by atoms with Crippen molar-refractivity contribution in [3.05, 3.63) is 33.3 Å². The summed E-state index contributed by atoms with van der Waals surface area (Å²) in [5, 5.41) is 3.41. The van der Waals surface area contributed by atoms with Crippen molar-refractivity contribution in [2.24, 2.45) is 5.92 Å². The molecule has 0 atom stereocenters. The van der Waals surface area contributed by atoms with Gasteiger partial charge in [-0.3, -0.25) is 0 Å². The molecule has 0 fully saturated rings. The van der Waals surface area contributed by atoms with Crippen LogP contribution in [0.15, 0.2) is 27.7 Å². The van der Waals surface area contributed by atoms with Gasteiger partial charge in [-0.05, 0) is 58.6 Å². The van der Waals surface area contributed by atoms with Crippen LogP contribution in [0.4, 0.5) is 0 Å². The molecular formula is C16H23BrClNO2. The second-order valence-electron chi connectivity index (χ2n) is 5.38. The predicted molar refractivity (Wildman–Crippen MR) is 92.3 cm³/mol. The van der Waals surface area contributed by atoms with Gasteiger partial charge in [0.15, 0.2) is 11.5 Å². The Labute approximate surface area is 140 Å². The average molecular weight is 377 g/mol. The Balaban J connectivity index is 2.81. The van der Waals surface area contributed by atoms with E-state index in [2.05, 4.69) is 35.1 Å². The van der Waals surface area contributed by atoms with E-state index < -0.39 is 0 Å². The summed E-state index contributed by atoms with van der Waals surface area (Å²) in [6, 6.07) is 4.04. The van der Waals surface area contributed by atoms with E-state index in [1.807, 2.05) is 19.1 Å². The van der Waals surface area contributed by atoms with Gasteiger partial charge < -0.3 is 14.8 Å². The van der Waals surface area contributed by atoms with Gasteiger partial charge in [-0.15, -0.1) is 0 Å². The maximum absolute atomic E-state index is 5.76. The van der Waals surface area contributed by atoms with E-state index >= 15 is 0 Å². The van der Waals surface area contributed by atoms with E-state index in [-0.39, 0.29) is 0 Å². The normalized spacial score (nSPS) is 11.9. The zero-order valence-corrected chi connectivity index (χ0v) is 15.3. The van der Waals surface area contributed by atoms with Crippen LogP contribution in [-0.2, 0) is 6.54 Å². The minimum absolute atomic E-state index is 0.434. The van der Waals surface area contributed by atoms with Crippen LogP contribution in [0.5, 0.6) is 11.5 Å². The van der Waals surface area contributed by atoms with E-state index in [9.17, 15) is 0 Å². The highest BCUT2D eigenvalue weighted by molar-refractivity contribution is 9.10. The first-order valence-corrected chi connectivity index (χ1v) is 8.16. The van der Waals surface area contributed by atoms with Crippen molar-refractivity contribution in [1.82, 2.24) is 5.32 Å². The molecule has 0 aliphatic rings. The first-order chi connectivity index (χ1) is 9.97. The molecule has 0 aliphatic heterocycles. The molecule has 5 heteroatoms. The molecule has 3 nitrogen and oxygen atoms in total. The van der Waals surface area contributed by atoms with Crippen LogP contribution in [-0.4, -0.2) is 20.3 Å². The summed E-state index contributed by atoms with van der Waals surface area (Å²) in [5.74, 6) is 2.04. The van der Waals surface area contributed by atoms with Crippen molar-refractivity contribution in [3.63, 3.8) is 0 Å². The van der Waals surface area contributed by atoms with E-state index in [1.165, 1.54) is 5.54 Å².